The fourth-order valence-electron chi connectivity index (χ4n) is 3.83. The van der Waals surface area contributed by atoms with Crippen LogP contribution in [0.1, 0.15) is 28.1 Å². The molecule has 0 unspecified atom stereocenters. The molecule has 0 aliphatic rings. The van der Waals surface area contributed by atoms with Crippen molar-refractivity contribution in [3.63, 3.8) is 0 Å². The summed E-state index contributed by atoms with van der Waals surface area (Å²) in [5.74, 6) is 1.27. The number of hydrogen-bond acceptors (Lipinski definition) is 4. The molecule has 1 amide bonds. The maximum Gasteiger partial charge on any atom is 0.248 e. The number of amides is 1. The van der Waals surface area contributed by atoms with Crippen LogP contribution in [0, 0.1) is 13.8 Å². The molecule has 0 saturated carbocycles. The number of benzene rings is 3. The smallest absolute Gasteiger partial charge is 0.248 e. The van der Waals surface area contributed by atoms with E-state index in [1.165, 1.54) is 6.08 Å². The van der Waals surface area contributed by atoms with Gasteiger partial charge in [0, 0.05) is 16.1 Å². The monoisotopic (exact) mass is 545 g/mol. The highest BCUT2D eigenvalue weighted by atomic mass is 79.9. The third-order valence-corrected chi connectivity index (χ3v) is 6.27. The summed E-state index contributed by atoms with van der Waals surface area (Å²) in [7, 11) is 1.63. The molecule has 1 aromatic heterocycles. The van der Waals surface area contributed by atoms with Crippen LogP contribution in [0.3, 0.4) is 0 Å². The number of aryl methyl sites for hydroxylation is 1. The number of anilines is 1. The summed E-state index contributed by atoms with van der Waals surface area (Å²) in [5.41, 5.74) is 5.33. The van der Waals surface area contributed by atoms with Gasteiger partial charge >= 0.3 is 0 Å². The Bertz CT molecular complexity index is 1360. The molecular weight excluding hydrogens is 518 g/mol. The molecule has 0 aliphatic heterocycles. The Morgan fingerprint density at radius 2 is 1.81 bits per heavy atom. The predicted molar refractivity (Wildman–Crippen MR) is 146 cm³/mol. The van der Waals surface area contributed by atoms with Gasteiger partial charge in [-0.05, 0) is 67.4 Å². The Balaban J connectivity index is 1.43. The van der Waals surface area contributed by atoms with Crippen LogP contribution >= 0.6 is 15.9 Å². The van der Waals surface area contributed by atoms with E-state index < -0.39 is 0 Å². The van der Waals surface area contributed by atoms with E-state index in [2.05, 4.69) is 38.5 Å². The number of aromatic nitrogens is 2. The van der Waals surface area contributed by atoms with Crippen LogP contribution in [0.2, 0.25) is 0 Å². The predicted octanol–water partition coefficient (Wildman–Crippen LogP) is 6.55. The molecule has 1 N–H and O–H groups in total. The molecule has 7 heteroatoms. The number of ether oxygens (including phenoxy) is 2. The van der Waals surface area contributed by atoms with Gasteiger partial charge in [-0.3, -0.25) is 9.48 Å². The molecule has 0 fully saturated rings. The summed E-state index contributed by atoms with van der Waals surface area (Å²) in [6, 6.07) is 23.5. The van der Waals surface area contributed by atoms with Gasteiger partial charge in [-0.1, -0.05) is 52.3 Å². The molecular formula is C29H28BrN3O3. The Labute approximate surface area is 219 Å². The molecule has 4 rings (SSSR count). The van der Waals surface area contributed by atoms with E-state index in [4.69, 9.17) is 9.47 Å². The molecule has 3 aromatic carbocycles. The minimum absolute atomic E-state index is 0.219. The lowest BCUT2D eigenvalue weighted by atomic mass is 10.1. The summed E-state index contributed by atoms with van der Waals surface area (Å²) in [5, 5.41) is 7.59. The van der Waals surface area contributed by atoms with E-state index in [9.17, 15) is 4.79 Å². The average molecular weight is 546 g/mol. The zero-order valence-corrected chi connectivity index (χ0v) is 22.1. The Hall–Kier alpha value is -3.84. The zero-order chi connectivity index (χ0) is 25.5. The van der Waals surface area contributed by atoms with Crippen molar-refractivity contribution in [2.45, 2.75) is 27.0 Å². The summed E-state index contributed by atoms with van der Waals surface area (Å²) in [6.07, 6.45) is 3.30. The molecule has 0 spiro atoms. The Morgan fingerprint density at radius 1 is 1.06 bits per heavy atom. The molecule has 0 atom stereocenters. The molecule has 0 radical (unpaired) electrons. The lowest BCUT2D eigenvalue weighted by molar-refractivity contribution is -0.111. The van der Waals surface area contributed by atoms with E-state index in [1.807, 2.05) is 79.2 Å². The number of methoxy groups -OCH3 is 1. The van der Waals surface area contributed by atoms with Crippen molar-refractivity contribution in [3.8, 4) is 11.5 Å². The van der Waals surface area contributed by atoms with Crippen molar-refractivity contribution >= 4 is 33.6 Å². The van der Waals surface area contributed by atoms with E-state index in [0.29, 0.717) is 13.2 Å². The maximum atomic E-state index is 12.7. The fraction of sp³-hybridized carbons (Fsp3) is 0.172. The second-order valence-corrected chi connectivity index (χ2v) is 9.24. The van der Waals surface area contributed by atoms with Crippen LogP contribution in [0.4, 0.5) is 5.69 Å². The summed E-state index contributed by atoms with van der Waals surface area (Å²) in [4.78, 5) is 12.7. The highest BCUT2D eigenvalue weighted by molar-refractivity contribution is 9.10. The number of nitrogens with zero attached hydrogens (tertiary/aromatic N) is 2. The van der Waals surface area contributed by atoms with Crippen molar-refractivity contribution < 1.29 is 14.3 Å². The van der Waals surface area contributed by atoms with Gasteiger partial charge in [0.25, 0.3) is 0 Å². The average Bonchev–Trinajstić information content (AvgIpc) is 3.15. The molecule has 4 aromatic rings. The Morgan fingerprint density at radius 3 is 2.53 bits per heavy atom. The minimum Gasteiger partial charge on any atom is -0.496 e. The molecule has 6 nitrogen and oxygen atoms in total. The normalized spacial score (nSPS) is 11.0. The van der Waals surface area contributed by atoms with Gasteiger partial charge in [0.1, 0.15) is 18.1 Å². The number of carbonyl (C=O) groups is 1. The molecule has 36 heavy (non-hydrogen) atoms. The van der Waals surface area contributed by atoms with Crippen LogP contribution in [-0.4, -0.2) is 22.8 Å². The van der Waals surface area contributed by atoms with E-state index in [0.717, 1.165) is 49.7 Å². The molecule has 184 valence electrons. The molecule has 0 saturated heterocycles. The second-order valence-electron chi connectivity index (χ2n) is 8.33. The number of halogens is 1. The van der Waals surface area contributed by atoms with Crippen molar-refractivity contribution in [2.75, 3.05) is 12.4 Å². The highest BCUT2D eigenvalue weighted by Gasteiger charge is 2.13. The van der Waals surface area contributed by atoms with Crippen molar-refractivity contribution in [1.82, 2.24) is 9.78 Å². The van der Waals surface area contributed by atoms with Crippen molar-refractivity contribution in [2.24, 2.45) is 0 Å². The van der Waals surface area contributed by atoms with Gasteiger partial charge in [0.2, 0.25) is 5.91 Å². The van der Waals surface area contributed by atoms with Crippen LogP contribution < -0.4 is 14.8 Å². The topological polar surface area (TPSA) is 65.4 Å². The van der Waals surface area contributed by atoms with Gasteiger partial charge < -0.3 is 14.8 Å². The Kier molecular flexibility index (Phi) is 8.23. The lowest BCUT2D eigenvalue weighted by Gasteiger charge is -2.11. The van der Waals surface area contributed by atoms with E-state index in [1.54, 1.807) is 13.2 Å². The summed E-state index contributed by atoms with van der Waals surface area (Å²) in [6.45, 7) is 4.85. The maximum absolute atomic E-state index is 12.7. The van der Waals surface area contributed by atoms with Crippen LogP contribution in [0.5, 0.6) is 11.5 Å². The van der Waals surface area contributed by atoms with Gasteiger partial charge in [0.15, 0.2) is 0 Å². The second kappa shape index (κ2) is 11.7. The summed E-state index contributed by atoms with van der Waals surface area (Å²) >= 11 is 3.43. The lowest BCUT2D eigenvalue weighted by Crippen LogP contribution is -2.10. The number of rotatable bonds is 9. The number of nitrogens with one attached hydrogen (secondary N) is 1. The van der Waals surface area contributed by atoms with Crippen molar-refractivity contribution in [3.05, 3.63) is 111 Å². The standard InChI is InChI=1S/C29H28BrN3O3/c1-20-29(21(2)33(32-20)18-23-7-5-4-6-8-23)31-28(34)16-10-22-9-15-27(35-3)24(17-22)19-36-26-13-11-25(30)12-14-26/h4-17H,18-19H2,1-3H3,(H,31,34). The van der Waals surface area contributed by atoms with Crippen LogP contribution in [0.25, 0.3) is 6.08 Å². The van der Waals surface area contributed by atoms with E-state index >= 15 is 0 Å². The SMILES string of the molecule is COc1ccc(C=CC(=O)Nc2c(C)nn(Cc3ccccc3)c2C)cc1COc1ccc(Br)cc1. The molecule has 0 bridgehead atoms. The largest absolute Gasteiger partial charge is 0.496 e. The molecule has 0 aliphatic carbocycles. The van der Waals surface area contributed by atoms with Crippen LogP contribution in [0.15, 0.2) is 83.3 Å². The van der Waals surface area contributed by atoms with Crippen molar-refractivity contribution in [1.29, 1.82) is 0 Å². The van der Waals surface area contributed by atoms with Gasteiger partial charge in [-0.15, -0.1) is 0 Å². The minimum atomic E-state index is -0.219. The van der Waals surface area contributed by atoms with E-state index in [-0.39, 0.29) is 5.91 Å². The third kappa shape index (κ3) is 6.43. The first-order chi connectivity index (χ1) is 17.4. The molecule has 1 heterocycles. The van der Waals surface area contributed by atoms with Gasteiger partial charge in [-0.25, -0.2) is 0 Å². The summed E-state index contributed by atoms with van der Waals surface area (Å²) < 4.78 is 14.3. The third-order valence-electron chi connectivity index (χ3n) is 5.74. The van der Waals surface area contributed by atoms with Crippen LogP contribution in [-0.2, 0) is 17.9 Å². The highest BCUT2D eigenvalue weighted by Crippen LogP contribution is 2.24. The van der Waals surface area contributed by atoms with Gasteiger partial charge in [0.05, 0.1) is 30.7 Å². The first-order valence-electron chi connectivity index (χ1n) is 11.5. The zero-order valence-electron chi connectivity index (χ0n) is 20.5. The number of hydrogen-bond donors (Lipinski definition) is 1. The first kappa shape index (κ1) is 25.3. The quantitative estimate of drug-likeness (QED) is 0.242. The first-order valence-corrected chi connectivity index (χ1v) is 12.3. The number of carbonyl (C=O) groups excluding carboxylic acids is 1. The van der Waals surface area contributed by atoms with Gasteiger partial charge in [-0.2, -0.15) is 5.10 Å². The fourth-order valence-corrected chi connectivity index (χ4v) is 4.10.